The average Bonchev–Trinajstić information content (AvgIpc) is 2.40. The Bertz CT molecular complexity index is 573. The molecule has 0 radical (unpaired) electrons. The van der Waals surface area contributed by atoms with Gasteiger partial charge in [-0.1, -0.05) is 30.3 Å². The summed E-state index contributed by atoms with van der Waals surface area (Å²) in [6, 6.07) is 16.3. The largest absolute Gasteiger partial charge is 0.378 e. The van der Waals surface area contributed by atoms with Crippen molar-refractivity contribution in [2.75, 3.05) is 5.32 Å². The molecule has 2 aromatic carbocycles. The van der Waals surface area contributed by atoms with E-state index in [1.165, 1.54) is 12.1 Å². The Morgan fingerprint density at radius 2 is 1.89 bits per heavy atom. The fourth-order valence-corrected chi connectivity index (χ4v) is 1.77. The van der Waals surface area contributed by atoms with Crippen molar-refractivity contribution in [2.24, 2.45) is 0 Å². The fraction of sp³-hybridized carbons (Fsp3) is 0.133. The van der Waals surface area contributed by atoms with E-state index in [0.29, 0.717) is 5.69 Å². The third-order valence-corrected chi connectivity index (χ3v) is 2.77. The molecule has 2 nitrogen and oxygen atoms in total. The van der Waals surface area contributed by atoms with Crippen LogP contribution in [0, 0.1) is 17.1 Å². The van der Waals surface area contributed by atoms with Crippen LogP contribution in [0.1, 0.15) is 24.1 Å². The molecule has 0 saturated heterocycles. The zero-order chi connectivity index (χ0) is 13.0. The highest BCUT2D eigenvalue weighted by atomic mass is 19.1. The van der Waals surface area contributed by atoms with Gasteiger partial charge in [-0.05, 0) is 30.7 Å². The first-order valence-corrected chi connectivity index (χ1v) is 5.72. The van der Waals surface area contributed by atoms with Crippen LogP contribution in [0.2, 0.25) is 0 Å². The lowest BCUT2D eigenvalue weighted by atomic mass is 10.1. The smallest absolute Gasteiger partial charge is 0.143 e. The van der Waals surface area contributed by atoms with Gasteiger partial charge in [-0.15, -0.1) is 0 Å². The molecule has 2 rings (SSSR count). The maximum atomic E-state index is 13.4. The van der Waals surface area contributed by atoms with Crippen molar-refractivity contribution in [3.63, 3.8) is 0 Å². The molecule has 0 bridgehead atoms. The summed E-state index contributed by atoms with van der Waals surface area (Å²) in [5.41, 5.74) is 1.86. The van der Waals surface area contributed by atoms with E-state index in [9.17, 15) is 4.39 Å². The first-order valence-electron chi connectivity index (χ1n) is 5.72. The van der Waals surface area contributed by atoms with Gasteiger partial charge in [0, 0.05) is 11.7 Å². The first kappa shape index (κ1) is 12.1. The summed E-state index contributed by atoms with van der Waals surface area (Å²) in [4.78, 5) is 0. The Balaban J connectivity index is 2.15. The van der Waals surface area contributed by atoms with E-state index in [4.69, 9.17) is 5.26 Å². The van der Waals surface area contributed by atoms with Crippen molar-refractivity contribution < 1.29 is 4.39 Å². The minimum atomic E-state index is -0.497. The van der Waals surface area contributed by atoms with Gasteiger partial charge in [0.05, 0.1) is 5.56 Å². The molecule has 1 unspecified atom stereocenters. The summed E-state index contributed by atoms with van der Waals surface area (Å²) >= 11 is 0. The highest BCUT2D eigenvalue weighted by Crippen LogP contribution is 2.20. The van der Waals surface area contributed by atoms with E-state index < -0.39 is 5.82 Å². The molecular formula is C15H13FN2. The Kier molecular flexibility index (Phi) is 3.59. The quantitative estimate of drug-likeness (QED) is 0.884. The van der Waals surface area contributed by atoms with Crippen molar-refractivity contribution in [3.8, 4) is 6.07 Å². The van der Waals surface area contributed by atoms with E-state index in [0.717, 1.165) is 5.56 Å². The van der Waals surface area contributed by atoms with Gasteiger partial charge in [-0.3, -0.25) is 0 Å². The van der Waals surface area contributed by atoms with E-state index >= 15 is 0 Å². The fourth-order valence-electron chi connectivity index (χ4n) is 1.77. The summed E-state index contributed by atoms with van der Waals surface area (Å²) in [5.74, 6) is -0.497. The number of nitrogens with one attached hydrogen (secondary N) is 1. The van der Waals surface area contributed by atoms with Gasteiger partial charge in [-0.25, -0.2) is 4.39 Å². The number of nitriles is 1. The first-order chi connectivity index (χ1) is 8.70. The van der Waals surface area contributed by atoms with Crippen LogP contribution in [0.3, 0.4) is 0 Å². The second-order valence-corrected chi connectivity index (χ2v) is 4.08. The van der Waals surface area contributed by atoms with E-state index in [1.807, 2.05) is 37.3 Å². The highest BCUT2D eigenvalue weighted by Gasteiger charge is 2.07. The van der Waals surface area contributed by atoms with Crippen molar-refractivity contribution in [1.82, 2.24) is 0 Å². The maximum absolute atomic E-state index is 13.4. The molecule has 0 aliphatic heterocycles. The number of anilines is 1. The zero-order valence-electron chi connectivity index (χ0n) is 10.0. The van der Waals surface area contributed by atoms with Crippen LogP contribution in [0.4, 0.5) is 10.1 Å². The molecule has 3 heteroatoms. The Morgan fingerprint density at radius 1 is 1.17 bits per heavy atom. The van der Waals surface area contributed by atoms with Gasteiger partial charge < -0.3 is 5.32 Å². The lowest BCUT2D eigenvalue weighted by Crippen LogP contribution is -2.06. The third kappa shape index (κ3) is 2.67. The molecule has 0 amide bonds. The van der Waals surface area contributed by atoms with Gasteiger partial charge in [0.1, 0.15) is 11.9 Å². The van der Waals surface area contributed by atoms with E-state index in [1.54, 1.807) is 12.1 Å². The standard InChI is InChI=1S/C15H13FN2/c1-11(12-5-3-2-4-6-12)18-14-8-7-13(10-17)15(16)9-14/h2-9,11,18H,1H3. The molecule has 0 spiro atoms. The van der Waals surface area contributed by atoms with Crippen LogP contribution in [0.5, 0.6) is 0 Å². The zero-order valence-corrected chi connectivity index (χ0v) is 10.0. The van der Waals surface area contributed by atoms with Gasteiger partial charge in [0.2, 0.25) is 0 Å². The molecule has 18 heavy (non-hydrogen) atoms. The SMILES string of the molecule is CC(Nc1ccc(C#N)c(F)c1)c1ccccc1. The van der Waals surface area contributed by atoms with Crippen molar-refractivity contribution >= 4 is 5.69 Å². The topological polar surface area (TPSA) is 35.8 Å². The minimum absolute atomic E-state index is 0.0629. The Labute approximate surface area is 106 Å². The van der Waals surface area contributed by atoms with Crippen molar-refractivity contribution in [2.45, 2.75) is 13.0 Å². The van der Waals surface area contributed by atoms with E-state index in [2.05, 4.69) is 5.32 Å². The van der Waals surface area contributed by atoms with Crippen LogP contribution in [-0.2, 0) is 0 Å². The maximum Gasteiger partial charge on any atom is 0.143 e. The molecule has 2 aromatic rings. The van der Waals surface area contributed by atoms with Gasteiger partial charge >= 0.3 is 0 Å². The van der Waals surface area contributed by atoms with Crippen molar-refractivity contribution in [3.05, 3.63) is 65.5 Å². The lowest BCUT2D eigenvalue weighted by Gasteiger charge is -2.15. The molecule has 0 saturated carbocycles. The van der Waals surface area contributed by atoms with Crippen LogP contribution >= 0.6 is 0 Å². The molecule has 1 atom stereocenters. The van der Waals surface area contributed by atoms with Crippen molar-refractivity contribution in [1.29, 1.82) is 5.26 Å². The number of hydrogen-bond donors (Lipinski definition) is 1. The second-order valence-electron chi connectivity index (χ2n) is 4.08. The monoisotopic (exact) mass is 240 g/mol. The van der Waals surface area contributed by atoms with Gasteiger partial charge in [0.25, 0.3) is 0 Å². The van der Waals surface area contributed by atoms with Gasteiger partial charge in [-0.2, -0.15) is 5.26 Å². The number of nitrogens with zero attached hydrogens (tertiary/aromatic N) is 1. The number of halogens is 1. The molecule has 0 aromatic heterocycles. The molecule has 1 N–H and O–H groups in total. The molecule has 90 valence electrons. The Morgan fingerprint density at radius 3 is 2.50 bits per heavy atom. The molecule has 0 aliphatic rings. The third-order valence-electron chi connectivity index (χ3n) is 2.77. The number of benzene rings is 2. The lowest BCUT2D eigenvalue weighted by molar-refractivity contribution is 0.624. The van der Waals surface area contributed by atoms with Crippen LogP contribution < -0.4 is 5.32 Å². The summed E-state index contributed by atoms with van der Waals surface area (Å²) < 4.78 is 13.4. The Hall–Kier alpha value is -2.34. The van der Waals surface area contributed by atoms with Crippen LogP contribution in [-0.4, -0.2) is 0 Å². The summed E-state index contributed by atoms with van der Waals surface area (Å²) in [5, 5.41) is 11.9. The second kappa shape index (κ2) is 5.33. The van der Waals surface area contributed by atoms with E-state index in [-0.39, 0.29) is 11.6 Å². The average molecular weight is 240 g/mol. The minimum Gasteiger partial charge on any atom is -0.378 e. The highest BCUT2D eigenvalue weighted by molar-refractivity contribution is 5.49. The predicted octanol–water partition coefficient (Wildman–Crippen LogP) is 3.87. The predicted molar refractivity (Wildman–Crippen MR) is 69.6 cm³/mol. The van der Waals surface area contributed by atoms with Crippen LogP contribution in [0.15, 0.2) is 48.5 Å². The number of hydrogen-bond acceptors (Lipinski definition) is 2. The summed E-state index contributed by atoms with van der Waals surface area (Å²) in [7, 11) is 0. The van der Waals surface area contributed by atoms with Crippen LogP contribution in [0.25, 0.3) is 0 Å². The molecule has 0 aliphatic carbocycles. The summed E-state index contributed by atoms with van der Waals surface area (Å²) in [6.45, 7) is 2.01. The molecule has 0 heterocycles. The summed E-state index contributed by atoms with van der Waals surface area (Å²) in [6.07, 6.45) is 0. The normalized spacial score (nSPS) is 11.6. The molecule has 0 fully saturated rings. The van der Waals surface area contributed by atoms with Gasteiger partial charge in [0.15, 0.2) is 0 Å². The molecular weight excluding hydrogens is 227 g/mol. The number of rotatable bonds is 3.